The summed E-state index contributed by atoms with van der Waals surface area (Å²) in [4.78, 5) is 0. The highest BCUT2D eigenvalue weighted by Crippen LogP contribution is 2.15. The van der Waals surface area contributed by atoms with Crippen molar-refractivity contribution < 1.29 is 0 Å². The van der Waals surface area contributed by atoms with Gasteiger partial charge in [-0.15, -0.1) is 0 Å². The highest BCUT2D eigenvalue weighted by molar-refractivity contribution is 4.93. The summed E-state index contributed by atoms with van der Waals surface area (Å²) in [7, 11) is 0. The van der Waals surface area contributed by atoms with E-state index in [-0.39, 0.29) is 0 Å². The van der Waals surface area contributed by atoms with Crippen LogP contribution in [0.5, 0.6) is 0 Å². The van der Waals surface area contributed by atoms with E-state index in [0.717, 1.165) is 12.3 Å². The van der Waals surface area contributed by atoms with Crippen molar-refractivity contribution in [2.24, 2.45) is 5.92 Å². The van der Waals surface area contributed by atoms with Gasteiger partial charge in [0.15, 0.2) is 0 Å². The standard InChI is InChI=1S/C12H23/c1-5-6-7-8-12(4)10-9-11(2)3/h11H,1,4-10H2,2-3H3. The van der Waals surface area contributed by atoms with Gasteiger partial charge in [0, 0.05) is 0 Å². The summed E-state index contributed by atoms with van der Waals surface area (Å²) < 4.78 is 0. The lowest BCUT2D eigenvalue weighted by Gasteiger charge is -2.06. The quantitative estimate of drug-likeness (QED) is 0.390. The number of hydrogen-bond donors (Lipinski definition) is 0. The molecule has 0 amide bonds. The molecular formula is C12H23. The second kappa shape index (κ2) is 7.39. The van der Waals surface area contributed by atoms with Gasteiger partial charge in [-0.05, 0) is 31.6 Å². The van der Waals surface area contributed by atoms with Gasteiger partial charge in [-0.25, -0.2) is 0 Å². The van der Waals surface area contributed by atoms with Gasteiger partial charge in [0.2, 0.25) is 0 Å². The molecule has 0 aromatic rings. The SMILES string of the molecule is [CH2]CCCCC(=C)CCC(C)C. The van der Waals surface area contributed by atoms with Crippen LogP contribution >= 0.6 is 0 Å². The zero-order chi connectivity index (χ0) is 9.40. The molecule has 0 atom stereocenters. The van der Waals surface area contributed by atoms with Gasteiger partial charge in [0.25, 0.3) is 0 Å². The van der Waals surface area contributed by atoms with Crippen molar-refractivity contribution >= 4 is 0 Å². The summed E-state index contributed by atoms with van der Waals surface area (Å²) in [6, 6.07) is 0. The third-order valence-electron chi connectivity index (χ3n) is 2.11. The van der Waals surface area contributed by atoms with Crippen LogP contribution in [0.15, 0.2) is 12.2 Å². The molecule has 0 heterocycles. The Hall–Kier alpha value is -0.260. The first kappa shape index (κ1) is 11.7. The van der Waals surface area contributed by atoms with Gasteiger partial charge in [-0.3, -0.25) is 0 Å². The molecule has 0 aliphatic rings. The first-order valence-electron chi connectivity index (χ1n) is 5.12. The van der Waals surface area contributed by atoms with Gasteiger partial charge in [-0.2, -0.15) is 0 Å². The molecule has 0 fully saturated rings. The Labute approximate surface area is 78.1 Å². The Balaban J connectivity index is 3.22. The Kier molecular flexibility index (Phi) is 7.23. The maximum absolute atomic E-state index is 4.08. The number of unbranched alkanes of at least 4 members (excludes halogenated alkanes) is 2. The van der Waals surface area contributed by atoms with Crippen LogP contribution in [-0.4, -0.2) is 0 Å². The Morgan fingerprint density at radius 3 is 2.33 bits per heavy atom. The van der Waals surface area contributed by atoms with Gasteiger partial charge in [0.05, 0.1) is 0 Å². The van der Waals surface area contributed by atoms with Crippen LogP contribution in [0.1, 0.15) is 52.4 Å². The second-order valence-electron chi connectivity index (χ2n) is 3.99. The van der Waals surface area contributed by atoms with Crippen LogP contribution in [-0.2, 0) is 0 Å². The predicted molar refractivity (Wildman–Crippen MR) is 57.0 cm³/mol. The largest absolute Gasteiger partial charge is 0.0999 e. The fourth-order valence-electron chi connectivity index (χ4n) is 1.17. The maximum atomic E-state index is 4.08. The molecule has 12 heavy (non-hydrogen) atoms. The monoisotopic (exact) mass is 167 g/mol. The first-order chi connectivity index (χ1) is 5.66. The van der Waals surface area contributed by atoms with Crippen LogP contribution in [0.3, 0.4) is 0 Å². The average Bonchev–Trinajstić information content (AvgIpc) is 2.01. The van der Waals surface area contributed by atoms with Crippen LogP contribution in [0.4, 0.5) is 0 Å². The fraction of sp³-hybridized carbons (Fsp3) is 0.750. The Bertz CT molecular complexity index is 111. The predicted octanol–water partition coefficient (Wildman–Crippen LogP) is 4.37. The van der Waals surface area contributed by atoms with E-state index in [4.69, 9.17) is 0 Å². The molecule has 0 heteroatoms. The van der Waals surface area contributed by atoms with Crippen molar-refractivity contribution in [1.82, 2.24) is 0 Å². The summed E-state index contributed by atoms with van der Waals surface area (Å²) in [6.07, 6.45) is 7.32. The van der Waals surface area contributed by atoms with Crippen LogP contribution in [0, 0.1) is 12.8 Å². The molecule has 0 nitrogen and oxygen atoms in total. The normalized spacial score (nSPS) is 10.7. The van der Waals surface area contributed by atoms with Crippen LogP contribution in [0.2, 0.25) is 0 Å². The minimum Gasteiger partial charge on any atom is -0.0999 e. The molecule has 0 rings (SSSR count). The van der Waals surface area contributed by atoms with E-state index in [2.05, 4.69) is 27.4 Å². The van der Waals surface area contributed by atoms with E-state index >= 15 is 0 Å². The molecule has 0 aliphatic heterocycles. The molecule has 1 radical (unpaired) electrons. The van der Waals surface area contributed by atoms with Crippen molar-refractivity contribution in [3.63, 3.8) is 0 Å². The molecule has 0 aliphatic carbocycles. The van der Waals surface area contributed by atoms with Crippen molar-refractivity contribution in [2.75, 3.05) is 0 Å². The van der Waals surface area contributed by atoms with Crippen molar-refractivity contribution in [3.05, 3.63) is 19.1 Å². The Morgan fingerprint density at radius 2 is 1.83 bits per heavy atom. The van der Waals surface area contributed by atoms with E-state index in [9.17, 15) is 0 Å². The lowest BCUT2D eigenvalue weighted by molar-refractivity contribution is 0.572. The molecule has 0 unspecified atom stereocenters. The molecule has 0 saturated heterocycles. The zero-order valence-electron chi connectivity index (χ0n) is 8.73. The fourth-order valence-corrected chi connectivity index (χ4v) is 1.17. The van der Waals surface area contributed by atoms with Gasteiger partial charge in [-0.1, -0.05) is 45.8 Å². The third-order valence-corrected chi connectivity index (χ3v) is 2.11. The highest BCUT2D eigenvalue weighted by Gasteiger charge is 1.97. The molecule has 0 N–H and O–H groups in total. The average molecular weight is 167 g/mol. The van der Waals surface area contributed by atoms with Crippen molar-refractivity contribution in [3.8, 4) is 0 Å². The molecule has 0 spiro atoms. The zero-order valence-corrected chi connectivity index (χ0v) is 8.73. The molecule has 0 aromatic heterocycles. The number of rotatable bonds is 7. The molecule has 71 valence electrons. The number of hydrogen-bond acceptors (Lipinski definition) is 0. The summed E-state index contributed by atoms with van der Waals surface area (Å²) in [6.45, 7) is 12.4. The third kappa shape index (κ3) is 7.84. The summed E-state index contributed by atoms with van der Waals surface area (Å²) in [5.74, 6) is 0.814. The highest BCUT2D eigenvalue weighted by atomic mass is 14.0. The van der Waals surface area contributed by atoms with Crippen molar-refractivity contribution in [1.29, 1.82) is 0 Å². The summed E-state index contributed by atoms with van der Waals surface area (Å²) >= 11 is 0. The lowest BCUT2D eigenvalue weighted by Crippen LogP contribution is -1.89. The van der Waals surface area contributed by atoms with Crippen LogP contribution < -0.4 is 0 Å². The first-order valence-corrected chi connectivity index (χ1v) is 5.12. The van der Waals surface area contributed by atoms with Crippen molar-refractivity contribution in [2.45, 2.75) is 52.4 Å². The maximum Gasteiger partial charge on any atom is -0.0321 e. The minimum absolute atomic E-state index is 0.814. The molecule has 0 bridgehead atoms. The minimum atomic E-state index is 0.814. The summed E-state index contributed by atoms with van der Waals surface area (Å²) in [5.41, 5.74) is 1.43. The second-order valence-corrected chi connectivity index (χ2v) is 3.99. The Morgan fingerprint density at radius 1 is 1.17 bits per heavy atom. The number of allylic oxidation sites excluding steroid dienone is 1. The van der Waals surface area contributed by atoms with Gasteiger partial charge >= 0.3 is 0 Å². The summed E-state index contributed by atoms with van der Waals surface area (Å²) in [5, 5.41) is 0. The van der Waals surface area contributed by atoms with E-state index in [0.29, 0.717) is 0 Å². The smallest absolute Gasteiger partial charge is 0.0321 e. The molecular weight excluding hydrogens is 144 g/mol. The molecule has 0 saturated carbocycles. The van der Waals surface area contributed by atoms with E-state index in [1.807, 2.05) is 0 Å². The molecule has 0 aromatic carbocycles. The van der Waals surface area contributed by atoms with E-state index in [1.165, 1.54) is 37.7 Å². The van der Waals surface area contributed by atoms with Crippen LogP contribution in [0.25, 0.3) is 0 Å². The van der Waals surface area contributed by atoms with E-state index < -0.39 is 0 Å². The van der Waals surface area contributed by atoms with E-state index in [1.54, 1.807) is 0 Å². The van der Waals surface area contributed by atoms with Gasteiger partial charge < -0.3 is 0 Å². The topological polar surface area (TPSA) is 0 Å². The van der Waals surface area contributed by atoms with Gasteiger partial charge in [0.1, 0.15) is 0 Å². The lowest BCUT2D eigenvalue weighted by atomic mass is 10.00.